The Morgan fingerprint density at radius 3 is 0.714 bits per heavy atom. The van der Waals surface area contributed by atoms with Crippen molar-refractivity contribution in [1.29, 1.82) is 0 Å². The van der Waals surface area contributed by atoms with E-state index in [1.807, 2.05) is 0 Å². The summed E-state index contributed by atoms with van der Waals surface area (Å²) in [6.45, 7) is -1.80. The normalized spacial score (nSPS) is 15.4. The molecule has 0 fully saturated rings. The van der Waals surface area contributed by atoms with Gasteiger partial charge in [-0.15, -0.1) is 0 Å². The Hall–Kier alpha value is 4.45. The quantitative estimate of drug-likeness (QED) is 0.176. The molecule has 1 radical (unpaired) electrons. The minimum absolute atomic E-state index is 0.600. The lowest BCUT2D eigenvalue weighted by molar-refractivity contribution is 0.0857. The molecule has 19 heteroatoms. The summed E-state index contributed by atoms with van der Waals surface area (Å²) in [5.74, 6) is 0. The minimum Gasteiger partial charge on any atom is -0.368 e. The van der Waals surface area contributed by atoms with Gasteiger partial charge >= 0.3 is 9.53 Å². The standard InChI is InChI=1S/C9H6Cl15O3Si/c10-4(11,7(16,17)18)1-25-28(26-2-5(12,13)8(19,20)21)27-3-6(14,15)9(22,23)24/h1-3H2. The molecule has 0 unspecified atom stereocenters. The first-order chi connectivity index (χ1) is 12.0. The Bertz CT molecular complexity index is 425. The maximum Gasteiger partial charge on any atom is 0.578 e. The average molecular weight is 722 g/mol. The van der Waals surface area contributed by atoms with Gasteiger partial charge in [-0.25, -0.2) is 0 Å². The van der Waals surface area contributed by atoms with Gasteiger partial charge in [0, 0.05) is 0 Å². The Morgan fingerprint density at radius 2 is 0.571 bits per heavy atom. The second kappa shape index (κ2) is 11.9. The highest BCUT2D eigenvalue weighted by molar-refractivity contribution is 6.77. The first-order valence-corrected chi connectivity index (χ1v) is 13.0. The summed E-state index contributed by atoms with van der Waals surface area (Å²) < 4.78 is 3.45. The smallest absolute Gasteiger partial charge is 0.368 e. The summed E-state index contributed by atoms with van der Waals surface area (Å²) in [4.78, 5) is 0. The second-order valence-corrected chi connectivity index (χ2v) is 17.4. The molecule has 0 rings (SSSR count). The van der Waals surface area contributed by atoms with Crippen LogP contribution >= 0.6 is 174 Å². The molecule has 0 aromatic carbocycles. The molecule has 0 aromatic rings. The fraction of sp³-hybridized carbons (Fsp3) is 1.00. The maximum atomic E-state index is 5.90. The first-order valence-electron chi connectivity index (χ1n) is 6.12. The van der Waals surface area contributed by atoms with Gasteiger partial charge in [0.15, 0.2) is 13.0 Å². The van der Waals surface area contributed by atoms with E-state index >= 15 is 0 Å². The molecule has 0 atom stereocenters. The highest BCUT2D eigenvalue weighted by atomic mass is 35.6. The van der Waals surface area contributed by atoms with Crippen LogP contribution in [-0.4, -0.2) is 53.7 Å². The molecule has 0 saturated heterocycles. The first kappa shape index (κ1) is 32.4. The molecule has 0 amide bonds. The molecule has 3 nitrogen and oxygen atoms in total. The molecule has 0 aliphatic heterocycles. The number of hydrogen-bond acceptors (Lipinski definition) is 3. The van der Waals surface area contributed by atoms with Gasteiger partial charge < -0.3 is 13.3 Å². The lowest BCUT2D eigenvalue weighted by atomic mass is 10.5. The fourth-order valence-corrected chi connectivity index (χ4v) is 3.44. The van der Waals surface area contributed by atoms with Gasteiger partial charge in [-0.3, -0.25) is 0 Å². The number of halogens is 15. The molecule has 0 spiro atoms. The second-order valence-electron chi connectivity index (χ2n) is 4.72. The highest BCUT2D eigenvalue weighted by Gasteiger charge is 2.51. The van der Waals surface area contributed by atoms with Crippen molar-refractivity contribution in [2.24, 2.45) is 0 Å². The van der Waals surface area contributed by atoms with Crippen LogP contribution in [0.2, 0.25) is 0 Å². The predicted octanol–water partition coefficient (Wildman–Crippen LogP) is 8.65. The molecule has 0 aliphatic rings. The van der Waals surface area contributed by atoms with Gasteiger partial charge in [0.2, 0.25) is 11.4 Å². The molecule has 0 N–H and O–H groups in total. The van der Waals surface area contributed by atoms with Gasteiger partial charge in [-0.2, -0.15) is 0 Å². The molecule has 0 heterocycles. The predicted molar refractivity (Wildman–Crippen MR) is 128 cm³/mol. The molecule has 169 valence electrons. The number of rotatable bonds is 9. The van der Waals surface area contributed by atoms with Crippen molar-refractivity contribution >= 4 is 184 Å². The third-order valence-corrected chi connectivity index (χ3v) is 10.5. The monoisotopic (exact) mass is 715 g/mol. The topological polar surface area (TPSA) is 27.7 Å². The Kier molecular flexibility index (Phi) is 13.8. The minimum atomic E-state index is -2.86. The summed E-state index contributed by atoms with van der Waals surface area (Å²) in [5.41, 5.74) is 0. The zero-order valence-corrected chi connectivity index (χ0v) is 24.9. The van der Waals surface area contributed by atoms with Crippen LogP contribution in [0, 0.1) is 0 Å². The summed E-state index contributed by atoms with van der Waals surface area (Å²) in [6.07, 6.45) is 0. The van der Waals surface area contributed by atoms with E-state index in [4.69, 9.17) is 187 Å². The van der Waals surface area contributed by atoms with Crippen molar-refractivity contribution in [3.8, 4) is 0 Å². The highest BCUT2D eigenvalue weighted by Crippen LogP contribution is 2.48. The van der Waals surface area contributed by atoms with Crippen LogP contribution in [0.1, 0.15) is 0 Å². The van der Waals surface area contributed by atoms with E-state index in [9.17, 15) is 0 Å². The van der Waals surface area contributed by atoms with E-state index in [0.29, 0.717) is 0 Å². The number of alkyl halides is 15. The van der Waals surface area contributed by atoms with Crippen LogP contribution in [0.25, 0.3) is 0 Å². The molecule has 28 heavy (non-hydrogen) atoms. The van der Waals surface area contributed by atoms with E-state index < -0.39 is 53.7 Å². The number of hydrogen-bond donors (Lipinski definition) is 0. The molecule has 0 aliphatic carbocycles. The maximum absolute atomic E-state index is 5.90. The van der Waals surface area contributed by atoms with Gasteiger partial charge in [-0.05, 0) is 0 Å². The average Bonchev–Trinajstić information content (AvgIpc) is 2.42. The van der Waals surface area contributed by atoms with Gasteiger partial charge in [0.1, 0.15) is 0 Å². The van der Waals surface area contributed by atoms with Crippen LogP contribution in [-0.2, 0) is 13.3 Å². The van der Waals surface area contributed by atoms with Gasteiger partial charge in [0.25, 0.3) is 0 Å². The van der Waals surface area contributed by atoms with Crippen LogP contribution in [0.15, 0.2) is 0 Å². The third-order valence-electron chi connectivity index (χ3n) is 2.36. The Balaban J connectivity index is 5.23. The lowest BCUT2D eigenvalue weighted by Gasteiger charge is -2.32. The summed E-state index contributed by atoms with van der Waals surface area (Å²) in [5, 5.41) is 0. The lowest BCUT2D eigenvalue weighted by Crippen LogP contribution is -2.45. The van der Waals surface area contributed by atoms with E-state index in [0.717, 1.165) is 0 Å². The SMILES string of the molecule is ClC(Cl)(Cl)C(Cl)(Cl)CO[Si](OCC(Cl)(Cl)C(Cl)(Cl)Cl)OCC(Cl)(Cl)C(Cl)(Cl)Cl. The zero-order valence-electron chi connectivity index (χ0n) is 12.5. The van der Waals surface area contributed by atoms with Gasteiger partial charge in [-0.1, -0.05) is 174 Å². The molecular formula is C9H6Cl15O3Si. The van der Waals surface area contributed by atoms with Gasteiger partial charge in [0.05, 0.1) is 19.8 Å². The molecule has 0 saturated carbocycles. The largest absolute Gasteiger partial charge is 0.578 e. The molecule has 0 bridgehead atoms. The van der Waals surface area contributed by atoms with Crippen LogP contribution < -0.4 is 0 Å². The fourth-order valence-electron chi connectivity index (χ4n) is 0.819. The zero-order chi connectivity index (χ0) is 22.8. The summed E-state index contributed by atoms with van der Waals surface area (Å²) in [6, 6.07) is 0. The van der Waals surface area contributed by atoms with Crippen molar-refractivity contribution in [1.82, 2.24) is 0 Å². The summed E-state index contributed by atoms with van der Waals surface area (Å²) in [7, 11) is -2.86. The molecule has 0 aromatic heterocycles. The van der Waals surface area contributed by atoms with E-state index in [1.165, 1.54) is 0 Å². The Labute approximate surface area is 238 Å². The molecular weight excluding hydrogens is 716 g/mol. The van der Waals surface area contributed by atoms with Crippen molar-refractivity contribution in [3.05, 3.63) is 0 Å². The van der Waals surface area contributed by atoms with Crippen molar-refractivity contribution < 1.29 is 13.3 Å². The van der Waals surface area contributed by atoms with Crippen molar-refractivity contribution in [2.45, 2.75) is 24.4 Å². The Morgan fingerprint density at radius 1 is 0.393 bits per heavy atom. The van der Waals surface area contributed by atoms with E-state index in [-0.39, 0.29) is 0 Å². The third kappa shape index (κ3) is 10.8. The van der Waals surface area contributed by atoms with Crippen LogP contribution in [0.3, 0.4) is 0 Å². The summed E-state index contributed by atoms with van der Waals surface area (Å²) >= 11 is 86.3. The van der Waals surface area contributed by atoms with E-state index in [2.05, 4.69) is 0 Å². The van der Waals surface area contributed by atoms with Crippen LogP contribution in [0.5, 0.6) is 0 Å². The van der Waals surface area contributed by atoms with E-state index in [1.54, 1.807) is 0 Å². The van der Waals surface area contributed by atoms with Crippen LogP contribution in [0.4, 0.5) is 0 Å². The van der Waals surface area contributed by atoms with Crippen molar-refractivity contribution in [2.75, 3.05) is 19.8 Å². The van der Waals surface area contributed by atoms with Crippen molar-refractivity contribution in [3.63, 3.8) is 0 Å².